The minimum atomic E-state index is -0.290. The Bertz CT molecular complexity index is 167. The van der Waals surface area contributed by atoms with E-state index in [1.54, 1.807) is 14.2 Å². The van der Waals surface area contributed by atoms with Crippen LogP contribution in [0, 0.1) is 11.3 Å². The van der Waals surface area contributed by atoms with Crippen molar-refractivity contribution in [3.05, 3.63) is 0 Å². The zero-order valence-corrected chi connectivity index (χ0v) is 10.2. The maximum atomic E-state index is 5.47. The molecule has 1 rings (SSSR count). The lowest BCUT2D eigenvalue weighted by atomic mass is 9.71. The molecule has 0 spiro atoms. The average Bonchev–Trinajstić information content (AvgIpc) is 2.16. The van der Waals surface area contributed by atoms with E-state index >= 15 is 0 Å². The maximum Gasteiger partial charge on any atom is 0.167 e. The van der Waals surface area contributed by atoms with Crippen LogP contribution in [0.5, 0.6) is 0 Å². The van der Waals surface area contributed by atoms with E-state index in [0.29, 0.717) is 5.41 Å². The largest absolute Gasteiger partial charge is 0.353 e. The molecule has 0 heterocycles. The quantitative estimate of drug-likeness (QED) is 0.637. The first-order valence-corrected chi connectivity index (χ1v) is 5.54. The molecule has 0 aromatic carbocycles. The van der Waals surface area contributed by atoms with E-state index in [-0.39, 0.29) is 5.79 Å². The zero-order chi connectivity index (χ0) is 10.8. The average molecular weight is 200 g/mol. The van der Waals surface area contributed by atoms with Gasteiger partial charge in [-0.15, -0.1) is 0 Å². The Morgan fingerprint density at radius 3 is 1.71 bits per heavy atom. The van der Waals surface area contributed by atoms with Gasteiger partial charge in [-0.2, -0.15) is 0 Å². The van der Waals surface area contributed by atoms with Gasteiger partial charge >= 0.3 is 0 Å². The summed E-state index contributed by atoms with van der Waals surface area (Å²) in [4.78, 5) is 0. The molecule has 0 unspecified atom stereocenters. The molecule has 2 heteroatoms. The van der Waals surface area contributed by atoms with Gasteiger partial charge in [0.15, 0.2) is 5.79 Å². The van der Waals surface area contributed by atoms with E-state index in [0.717, 1.165) is 18.8 Å². The van der Waals surface area contributed by atoms with Gasteiger partial charge in [0, 0.05) is 27.1 Å². The molecular weight excluding hydrogens is 176 g/mol. The molecule has 0 aromatic heterocycles. The van der Waals surface area contributed by atoms with Gasteiger partial charge in [0.25, 0.3) is 0 Å². The molecular formula is C12H24O2. The molecule has 0 amide bonds. The minimum absolute atomic E-state index is 0.290. The van der Waals surface area contributed by atoms with Gasteiger partial charge < -0.3 is 9.47 Å². The van der Waals surface area contributed by atoms with Crippen molar-refractivity contribution < 1.29 is 9.47 Å². The SMILES string of the molecule is COC1(OC)CCC(C(C)(C)C)CC1. The fraction of sp³-hybridized carbons (Fsp3) is 1.00. The van der Waals surface area contributed by atoms with E-state index in [4.69, 9.17) is 9.47 Å². The molecule has 0 aromatic rings. The van der Waals surface area contributed by atoms with Crippen LogP contribution in [0.1, 0.15) is 46.5 Å². The van der Waals surface area contributed by atoms with Gasteiger partial charge in [0.05, 0.1) is 0 Å². The van der Waals surface area contributed by atoms with Crippen LogP contribution in [-0.4, -0.2) is 20.0 Å². The first-order chi connectivity index (χ1) is 6.43. The van der Waals surface area contributed by atoms with Crippen molar-refractivity contribution in [2.45, 2.75) is 52.2 Å². The number of rotatable bonds is 2. The minimum Gasteiger partial charge on any atom is -0.353 e. The molecule has 0 radical (unpaired) electrons. The summed E-state index contributed by atoms with van der Waals surface area (Å²) < 4.78 is 10.9. The van der Waals surface area contributed by atoms with Gasteiger partial charge in [-0.25, -0.2) is 0 Å². The standard InChI is InChI=1S/C12H24O2/c1-11(2,3)10-6-8-12(13-4,14-5)9-7-10/h10H,6-9H2,1-5H3. The lowest BCUT2D eigenvalue weighted by molar-refractivity contribution is -0.230. The predicted octanol–water partition coefficient (Wildman–Crippen LogP) is 3.21. The van der Waals surface area contributed by atoms with Crippen LogP contribution in [-0.2, 0) is 9.47 Å². The Balaban J connectivity index is 2.53. The highest BCUT2D eigenvalue weighted by Gasteiger charge is 2.38. The van der Waals surface area contributed by atoms with E-state index in [1.165, 1.54) is 12.8 Å². The number of hydrogen-bond donors (Lipinski definition) is 0. The summed E-state index contributed by atoms with van der Waals surface area (Å²) in [6, 6.07) is 0. The Labute approximate surface area is 88.0 Å². The summed E-state index contributed by atoms with van der Waals surface area (Å²) in [6.45, 7) is 6.97. The van der Waals surface area contributed by atoms with E-state index < -0.39 is 0 Å². The number of hydrogen-bond acceptors (Lipinski definition) is 2. The lowest BCUT2D eigenvalue weighted by Crippen LogP contribution is -2.40. The summed E-state index contributed by atoms with van der Waals surface area (Å²) in [5.41, 5.74) is 0.424. The molecule has 1 aliphatic carbocycles. The monoisotopic (exact) mass is 200 g/mol. The van der Waals surface area contributed by atoms with E-state index in [1.807, 2.05) is 0 Å². The Kier molecular flexibility index (Phi) is 3.59. The number of methoxy groups -OCH3 is 2. The molecule has 0 bridgehead atoms. The van der Waals surface area contributed by atoms with Gasteiger partial charge in [-0.3, -0.25) is 0 Å². The summed E-state index contributed by atoms with van der Waals surface area (Å²) in [7, 11) is 3.50. The molecule has 2 nitrogen and oxygen atoms in total. The second-order valence-electron chi connectivity index (χ2n) is 5.46. The summed E-state index contributed by atoms with van der Waals surface area (Å²) in [5.74, 6) is 0.516. The molecule has 1 saturated carbocycles. The molecule has 84 valence electrons. The summed E-state index contributed by atoms with van der Waals surface area (Å²) >= 11 is 0. The lowest BCUT2D eigenvalue weighted by Gasteiger charge is -2.42. The highest BCUT2D eigenvalue weighted by Crippen LogP contribution is 2.42. The third kappa shape index (κ3) is 2.48. The normalized spacial score (nSPS) is 23.8. The highest BCUT2D eigenvalue weighted by molar-refractivity contribution is 4.84. The Hall–Kier alpha value is -0.0800. The first-order valence-electron chi connectivity index (χ1n) is 5.54. The van der Waals surface area contributed by atoms with Crippen molar-refractivity contribution >= 4 is 0 Å². The molecule has 1 aliphatic rings. The van der Waals surface area contributed by atoms with Gasteiger partial charge in [0.1, 0.15) is 0 Å². The van der Waals surface area contributed by atoms with Crippen molar-refractivity contribution in [3.63, 3.8) is 0 Å². The van der Waals surface area contributed by atoms with Crippen LogP contribution < -0.4 is 0 Å². The fourth-order valence-electron chi connectivity index (χ4n) is 2.42. The second kappa shape index (κ2) is 4.19. The van der Waals surface area contributed by atoms with Crippen LogP contribution in [0.4, 0.5) is 0 Å². The second-order valence-corrected chi connectivity index (χ2v) is 5.46. The third-order valence-electron chi connectivity index (χ3n) is 3.72. The summed E-state index contributed by atoms with van der Waals surface area (Å²) in [5, 5.41) is 0. The molecule has 0 atom stereocenters. The van der Waals surface area contributed by atoms with E-state index in [9.17, 15) is 0 Å². The van der Waals surface area contributed by atoms with Gasteiger partial charge in [-0.1, -0.05) is 20.8 Å². The Morgan fingerprint density at radius 1 is 1.00 bits per heavy atom. The van der Waals surface area contributed by atoms with Crippen LogP contribution in [0.2, 0.25) is 0 Å². The smallest absolute Gasteiger partial charge is 0.167 e. The molecule has 0 aliphatic heterocycles. The van der Waals surface area contributed by atoms with E-state index in [2.05, 4.69) is 20.8 Å². The summed E-state index contributed by atoms with van der Waals surface area (Å²) in [6.07, 6.45) is 4.49. The first kappa shape index (κ1) is 12.0. The van der Waals surface area contributed by atoms with Crippen molar-refractivity contribution in [3.8, 4) is 0 Å². The topological polar surface area (TPSA) is 18.5 Å². The Morgan fingerprint density at radius 2 is 1.43 bits per heavy atom. The van der Waals surface area contributed by atoms with Crippen LogP contribution in [0.3, 0.4) is 0 Å². The number of ether oxygens (including phenoxy) is 2. The van der Waals surface area contributed by atoms with Crippen LogP contribution in [0.15, 0.2) is 0 Å². The third-order valence-corrected chi connectivity index (χ3v) is 3.72. The van der Waals surface area contributed by atoms with Crippen molar-refractivity contribution in [2.75, 3.05) is 14.2 Å². The molecule has 14 heavy (non-hydrogen) atoms. The maximum absolute atomic E-state index is 5.47. The van der Waals surface area contributed by atoms with Crippen molar-refractivity contribution in [2.24, 2.45) is 11.3 Å². The zero-order valence-electron chi connectivity index (χ0n) is 10.2. The van der Waals surface area contributed by atoms with Crippen molar-refractivity contribution in [1.29, 1.82) is 0 Å². The highest BCUT2D eigenvalue weighted by atomic mass is 16.7. The predicted molar refractivity (Wildman–Crippen MR) is 58.2 cm³/mol. The van der Waals surface area contributed by atoms with Crippen LogP contribution >= 0.6 is 0 Å². The molecule has 1 fully saturated rings. The van der Waals surface area contributed by atoms with Crippen LogP contribution in [0.25, 0.3) is 0 Å². The fourth-order valence-corrected chi connectivity index (χ4v) is 2.42. The van der Waals surface area contributed by atoms with Crippen molar-refractivity contribution in [1.82, 2.24) is 0 Å². The van der Waals surface area contributed by atoms with Gasteiger partial charge in [0.2, 0.25) is 0 Å². The van der Waals surface area contributed by atoms with Gasteiger partial charge in [-0.05, 0) is 24.2 Å². The molecule has 0 N–H and O–H groups in total. The molecule has 0 saturated heterocycles.